The Kier molecular flexibility index (Phi) is 6.49. The van der Waals surface area contributed by atoms with Crippen molar-refractivity contribution in [2.75, 3.05) is 19.0 Å². The maximum Gasteiger partial charge on any atom is 0.328 e. The van der Waals surface area contributed by atoms with Gasteiger partial charge in [-0.15, -0.1) is 12.4 Å². The first-order valence-electron chi connectivity index (χ1n) is 6.91. The molecule has 0 saturated carbocycles. The topological polar surface area (TPSA) is 67.4 Å². The summed E-state index contributed by atoms with van der Waals surface area (Å²) in [6.45, 7) is 2.77. The number of carbonyl (C=O) groups excluding carboxylic acids is 2. The second kappa shape index (κ2) is 7.88. The summed E-state index contributed by atoms with van der Waals surface area (Å²) >= 11 is 0. The van der Waals surface area contributed by atoms with Gasteiger partial charge in [-0.2, -0.15) is 0 Å². The Labute approximate surface area is 130 Å². The molecule has 116 valence electrons. The van der Waals surface area contributed by atoms with Crippen molar-refractivity contribution in [3.63, 3.8) is 0 Å². The van der Waals surface area contributed by atoms with Gasteiger partial charge in [0.15, 0.2) is 0 Å². The Morgan fingerprint density at radius 2 is 2.19 bits per heavy atom. The van der Waals surface area contributed by atoms with E-state index in [0.29, 0.717) is 12.0 Å². The highest BCUT2D eigenvalue weighted by Crippen LogP contribution is 2.25. The van der Waals surface area contributed by atoms with Crippen LogP contribution < -0.4 is 10.6 Å². The van der Waals surface area contributed by atoms with Crippen LogP contribution in [0, 0.1) is 0 Å². The Hall–Kier alpha value is -1.75. The molecule has 0 radical (unpaired) electrons. The molecule has 1 aliphatic rings. The molecule has 1 amide bonds. The predicted octanol–water partition coefficient (Wildman–Crippen LogP) is 2.15. The molecule has 0 aliphatic carbocycles. The molecule has 0 aromatic heterocycles. The molecule has 1 aromatic rings. The number of carbonyl (C=O) groups is 2. The Bertz CT molecular complexity index is 520. The molecular weight excluding hydrogens is 292 g/mol. The molecule has 2 rings (SSSR count). The highest BCUT2D eigenvalue weighted by atomic mass is 35.5. The van der Waals surface area contributed by atoms with E-state index < -0.39 is 12.0 Å². The maximum atomic E-state index is 12.4. The normalized spacial score (nSPS) is 14.0. The number of anilines is 1. The summed E-state index contributed by atoms with van der Waals surface area (Å²) in [4.78, 5) is 23.9. The number of fused-ring (bicyclic) bond motifs is 1. The van der Waals surface area contributed by atoms with Crippen LogP contribution in [0.5, 0.6) is 0 Å². The van der Waals surface area contributed by atoms with Crippen LogP contribution in [0.4, 0.5) is 5.69 Å². The van der Waals surface area contributed by atoms with Gasteiger partial charge in [0.25, 0.3) is 5.91 Å². The minimum atomic E-state index is -0.597. The van der Waals surface area contributed by atoms with E-state index in [1.807, 2.05) is 19.1 Å². The standard InChI is InChI=1S/C15H20N2O3.ClH/c1-3-12(15(19)20-2)17-14(18)11-6-4-8-13-10(11)7-5-9-16-13;/h4,6,8,12,16H,3,5,7,9H2,1-2H3,(H,17,18);1H. The lowest BCUT2D eigenvalue weighted by Crippen LogP contribution is -2.41. The van der Waals surface area contributed by atoms with E-state index in [4.69, 9.17) is 0 Å². The van der Waals surface area contributed by atoms with Gasteiger partial charge in [-0.25, -0.2) is 4.79 Å². The lowest BCUT2D eigenvalue weighted by atomic mass is 9.97. The molecule has 1 atom stereocenters. The van der Waals surface area contributed by atoms with Gasteiger partial charge in [-0.3, -0.25) is 4.79 Å². The highest BCUT2D eigenvalue weighted by Gasteiger charge is 2.23. The summed E-state index contributed by atoms with van der Waals surface area (Å²) in [6, 6.07) is 5.03. The van der Waals surface area contributed by atoms with E-state index in [0.717, 1.165) is 30.6 Å². The molecule has 0 bridgehead atoms. The summed E-state index contributed by atoms with van der Waals surface area (Å²) < 4.78 is 4.69. The molecule has 5 nitrogen and oxygen atoms in total. The zero-order valence-corrected chi connectivity index (χ0v) is 13.1. The minimum Gasteiger partial charge on any atom is -0.467 e. The van der Waals surface area contributed by atoms with E-state index in [2.05, 4.69) is 15.4 Å². The molecule has 1 heterocycles. The molecule has 1 unspecified atom stereocenters. The second-order valence-corrected chi connectivity index (χ2v) is 4.82. The molecule has 0 spiro atoms. The quantitative estimate of drug-likeness (QED) is 0.836. The fourth-order valence-corrected chi connectivity index (χ4v) is 2.43. The van der Waals surface area contributed by atoms with Crippen LogP contribution in [0.1, 0.15) is 35.7 Å². The Morgan fingerprint density at radius 1 is 1.43 bits per heavy atom. The van der Waals surface area contributed by atoms with E-state index >= 15 is 0 Å². The summed E-state index contributed by atoms with van der Waals surface area (Å²) in [7, 11) is 1.32. The number of halogens is 1. The smallest absolute Gasteiger partial charge is 0.328 e. The summed E-state index contributed by atoms with van der Waals surface area (Å²) in [5.41, 5.74) is 2.67. The summed E-state index contributed by atoms with van der Waals surface area (Å²) in [6.07, 6.45) is 2.39. The van der Waals surface area contributed by atoms with Crippen LogP contribution in [0.2, 0.25) is 0 Å². The highest BCUT2D eigenvalue weighted by molar-refractivity contribution is 5.99. The molecule has 2 N–H and O–H groups in total. The van der Waals surface area contributed by atoms with Crippen LogP contribution in [-0.2, 0) is 16.0 Å². The lowest BCUT2D eigenvalue weighted by molar-refractivity contribution is -0.142. The number of esters is 1. The van der Waals surface area contributed by atoms with Crippen LogP contribution in [0.25, 0.3) is 0 Å². The zero-order valence-electron chi connectivity index (χ0n) is 12.3. The average molecular weight is 313 g/mol. The van der Waals surface area contributed by atoms with Crippen molar-refractivity contribution < 1.29 is 14.3 Å². The fourth-order valence-electron chi connectivity index (χ4n) is 2.43. The number of amides is 1. The van der Waals surface area contributed by atoms with E-state index in [1.54, 1.807) is 6.07 Å². The predicted molar refractivity (Wildman–Crippen MR) is 84.1 cm³/mol. The van der Waals surface area contributed by atoms with E-state index in [9.17, 15) is 9.59 Å². The van der Waals surface area contributed by atoms with Gasteiger partial charge in [0.05, 0.1) is 7.11 Å². The lowest BCUT2D eigenvalue weighted by Gasteiger charge is -2.21. The van der Waals surface area contributed by atoms with Crippen molar-refractivity contribution in [1.82, 2.24) is 5.32 Å². The molecule has 0 fully saturated rings. The monoisotopic (exact) mass is 312 g/mol. The van der Waals surface area contributed by atoms with Crippen molar-refractivity contribution in [1.29, 1.82) is 0 Å². The molecular formula is C15H21ClN2O3. The minimum absolute atomic E-state index is 0. The van der Waals surface area contributed by atoms with Gasteiger partial charge in [-0.1, -0.05) is 13.0 Å². The Balaban J connectivity index is 0.00000220. The molecule has 21 heavy (non-hydrogen) atoms. The van der Waals surface area contributed by atoms with E-state index in [-0.39, 0.29) is 18.3 Å². The number of hydrogen-bond donors (Lipinski definition) is 2. The van der Waals surface area contributed by atoms with Gasteiger partial charge in [0.2, 0.25) is 0 Å². The van der Waals surface area contributed by atoms with Crippen LogP contribution >= 0.6 is 12.4 Å². The number of nitrogens with one attached hydrogen (secondary N) is 2. The molecule has 1 aromatic carbocycles. The van der Waals surface area contributed by atoms with Gasteiger partial charge in [0.1, 0.15) is 6.04 Å². The number of benzene rings is 1. The van der Waals surface area contributed by atoms with E-state index in [1.165, 1.54) is 7.11 Å². The van der Waals surface area contributed by atoms with Crippen molar-refractivity contribution in [2.45, 2.75) is 32.2 Å². The maximum absolute atomic E-state index is 12.4. The van der Waals surface area contributed by atoms with Gasteiger partial charge in [-0.05, 0) is 37.0 Å². The van der Waals surface area contributed by atoms with Gasteiger partial charge >= 0.3 is 5.97 Å². The fraction of sp³-hybridized carbons (Fsp3) is 0.467. The third-order valence-electron chi connectivity index (χ3n) is 3.54. The largest absolute Gasteiger partial charge is 0.467 e. The molecule has 0 saturated heterocycles. The number of rotatable bonds is 4. The average Bonchev–Trinajstić information content (AvgIpc) is 2.51. The molecule has 1 aliphatic heterocycles. The summed E-state index contributed by atoms with van der Waals surface area (Å²) in [5, 5.41) is 6.03. The van der Waals surface area contributed by atoms with Crippen molar-refractivity contribution in [3.05, 3.63) is 29.3 Å². The summed E-state index contributed by atoms with van der Waals surface area (Å²) in [5.74, 6) is -0.633. The van der Waals surface area contributed by atoms with Gasteiger partial charge in [0, 0.05) is 17.8 Å². The van der Waals surface area contributed by atoms with Crippen LogP contribution in [0.15, 0.2) is 18.2 Å². The van der Waals surface area contributed by atoms with Crippen molar-refractivity contribution in [3.8, 4) is 0 Å². The Morgan fingerprint density at radius 3 is 2.86 bits per heavy atom. The number of methoxy groups -OCH3 is 1. The van der Waals surface area contributed by atoms with Gasteiger partial charge < -0.3 is 15.4 Å². The SMILES string of the molecule is CCC(NC(=O)c1cccc2c1CCCN2)C(=O)OC.Cl. The first kappa shape index (κ1) is 17.3. The number of ether oxygens (including phenoxy) is 1. The van der Waals surface area contributed by atoms with Crippen molar-refractivity contribution in [2.24, 2.45) is 0 Å². The third kappa shape index (κ3) is 3.88. The zero-order chi connectivity index (χ0) is 14.5. The van der Waals surface area contributed by atoms with Crippen LogP contribution in [0.3, 0.4) is 0 Å². The first-order chi connectivity index (χ1) is 9.67. The number of hydrogen-bond acceptors (Lipinski definition) is 4. The molecule has 6 heteroatoms. The third-order valence-corrected chi connectivity index (χ3v) is 3.54. The van der Waals surface area contributed by atoms with Crippen molar-refractivity contribution >= 4 is 30.0 Å². The van der Waals surface area contributed by atoms with Crippen LogP contribution in [-0.4, -0.2) is 31.6 Å². The first-order valence-corrected chi connectivity index (χ1v) is 6.91. The second-order valence-electron chi connectivity index (χ2n) is 4.82.